The van der Waals surface area contributed by atoms with E-state index in [1.54, 1.807) is 6.26 Å². The van der Waals surface area contributed by atoms with Crippen molar-refractivity contribution in [2.45, 2.75) is 17.9 Å². The number of nitrogens with zero attached hydrogens (tertiary/aromatic N) is 3. The van der Waals surface area contributed by atoms with Crippen LogP contribution in [0.2, 0.25) is 0 Å². The summed E-state index contributed by atoms with van der Waals surface area (Å²) in [7, 11) is 0. The van der Waals surface area contributed by atoms with Gasteiger partial charge in [0.05, 0.1) is 17.5 Å². The van der Waals surface area contributed by atoms with Crippen LogP contribution in [0.5, 0.6) is 0 Å². The quantitative estimate of drug-likeness (QED) is 0.569. The zero-order valence-corrected chi connectivity index (χ0v) is 13.9. The third-order valence-electron chi connectivity index (χ3n) is 3.64. The molecule has 9 heteroatoms. The SMILES string of the molecule is CSc1ncc2c(N)cc(=O)n(Cc3cccc(C(F)(F)F)c3)c2n1. The molecule has 0 atom stereocenters. The lowest BCUT2D eigenvalue weighted by Gasteiger charge is -2.13. The van der Waals surface area contributed by atoms with Crippen LogP contribution in [0.3, 0.4) is 0 Å². The number of anilines is 1. The van der Waals surface area contributed by atoms with Crippen LogP contribution >= 0.6 is 11.8 Å². The Morgan fingerprint density at radius 1 is 1.28 bits per heavy atom. The van der Waals surface area contributed by atoms with E-state index >= 15 is 0 Å². The highest BCUT2D eigenvalue weighted by Gasteiger charge is 2.30. The Kier molecular flexibility index (Phi) is 4.42. The second kappa shape index (κ2) is 6.40. The highest BCUT2D eigenvalue weighted by atomic mass is 32.2. The van der Waals surface area contributed by atoms with E-state index in [0.29, 0.717) is 21.8 Å². The Labute approximate surface area is 144 Å². The molecule has 25 heavy (non-hydrogen) atoms. The van der Waals surface area contributed by atoms with Crippen LogP contribution in [-0.4, -0.2) is 20.8 Å². The minimum absolute atomic E-state index is 0.0512. The molecule has 0 aliphatic carbocycles. The minimum atomic E-state index is -4.45. The number of halogens is 3. The number of benzene rings is 1. The van der Waals surface area contributed by atoms with Crippen LogP contribution in [0, 0.1) is 0 Å². The number of pyridine rings is 1. The molecule has 3 rings (SSSR count). The number of nitrogens with two attached hydrogens (primary N) is 1. The summed E-state index contributed by atoms with van der Waals surface area (Å²) >= 11 is 1.29. The van der Waals surface area contributed by atoms with E-state index in [1.165, 1.54) is 40.7 Å². The highest BCUT2D eigenvalue weighted by molar-refractivity contribution is 7.98. The highest BCUT2D eigenvalue weighted by Crippen LogP contribution is 2.30. The molecule has 2 aromatic heterocycles. The first-order chi connectivity index (χ1) is 11.8. The third-order valence-corrected chi connectivity index (χ3v) is 4.20. The number of thioether (sulfide) groups is 1. The zero-order chi connectivity index (χ0) is 18.2. The van der Waals surface area contributed by atoms with Crippen molar-refractivity contribution in [3.05, 3.63) is 58.0 Å². The molecule has 130 valence electrons. The van der Waals surface area contributed by atoms with Crippen LogP contribution in [-0.2, 0) is 12.7 Å². The monoisotopic (exact) mass is 366 g/mol. The first-order valence-corrected chi connectivity index (χ1v) is 8.38. The summed E-state index contributed by atoms with van der Waals surface area (Å²) < 4.78 is 39.9. The number of hydrogen-bond acceptors (Lipinski definition) is 5. The second-order valence-electron chi connectivity index (χ2n) is 5.32. The topological polar surface area (TPSA) is 73.8 Å². The standard InChI is InChI=1S/C16H13F3N4OS/c1-25-15-21-7-11-12(20)6-13(24)23(14(11)22-15)8-9-3-2-4-10(5-9)16(17,18)19/h2-7H,8,20H2,1H3. The van der Waals surface area contributed by atoms with Gasteiger partial charge in [-0.3, -0.25) is 9.36 Å². The minimum Gasteiger partial charge on any atom is -0.398 e. The van der Waals surface area contributed by atoms with Crippen LogP contribution in [0.1, 0.15) is 11.1 Å². The Hall–Kier alpha value is -2.55. The van der Waals surface area contributed by atoms with E-state index in [0.717, 1.165) is 12.1 Å². The van der Waals surface area contributed by atoms with E-state index < -0.39 is 17.3 Å². The Morgan fingerprint density at radius 2 is 2.04 bits per heavy atom. The molecule has 5 nitrogen and oxygen atoms in total. The van der Waals surface area contributed by atoms with Gasteiger partial charge in [0.15, 0.2) is 5.16 Å². The van der Waals surface area contributed by atoms with Gasteiger partial charge in [-0.05, 0) is 24.0 Å². The number of rotatable bonds is 3. The van der Waals surface area contributed by atoms with Gasteiger partial charge in [-0.1, -0.05) is 23.9 Å². The van der Waals surface area contributed by atoms with Gasteiger partial charge in [0.2, 0.25) is 0 Å². The molecule has 0 aliphatic heterocycles. The molecule has 0 fully saturated rings. The van der Waals surface area contributed by atoms with Gasteiger partial charge < -0.3 is 5.73 Å². The lowest BCUT2D eigenvalue weighted by molar-refractivity contribution is -0.137. The summed E-state index contributed by atoms with van der Waals surface area (Å²) in [6.07, 6.45) is -1.16. The van der Waals surface area contributed by atoms with Crippen molar-refractivity contribution < 1.29 is 13.2 Å². The lowest BCUT2D eigenvalue weighted by Crippen LogP contribution is -2.22. The number of fused-ring (bicyclic) bond motifs is 1. The van der Waals surface area contributed by atoms with Crippen molar-refractivity contribution in [2.24, 2.45) is 0 Å². The summed E-state index contributed by atoms with van der Waals surface area (Å²) in [5.41, 5.74) is 5.50. The predicted molar refractivity (Wildman–Crippen MR) is 90.5 cm³/mol. The smallest absolute Gasteiger partial charge is 0.398 e. The normalized spacial score (nSPS) is 11.8. The van der Waals surface area contributed by atoms with Gasteiger partial charge in [0.1, 0.15) is 5.65 Å². The van der Waals surface area contributed by atoms with E-state index in [-0.39, 0.29) is 12.2 Å². The van der Waals surface area contributed by atoms with Gasteiger partial charge in [-0.15, -0.1) is 0 Å². The number of hydrogen-bond donors (Lipinski definition) is 1. The summed E-state index contributed by atoms with van der Waals surface area (Å²) in [6, 6.07) is 6.07. The van der Waals surface area contributed by atoms with Crippen LogP contribution in [0.25, 0.3) is 11.0 Å². The van der Waals surface area contributed by atoms with Crippen LogP contribution in [0.15, 0.2) is 46.5 Å². The Morgan fingerprint density at radius 3 is 2.72 bits per heavy atom. The fourth-order valence-corrected chi connectivity index (χ4v) is 2.78. The molecule has 0 saturated heterocycles. The van der Waals surface area contributed by atoms with E-state index in [9.17, 15) is 18.0 Å². The maximum absolute atomic E-state index is 12.9. The molecule has 0 aliphatic rings. The number of alkyl halides is 3. The summed E-state index contributed by atoms with van der Waals surface area (Å²) in [5.74, 6) is 0. The van der Waals surface area contributed by atoms with E-state index in [4.69, 9.17) is 5.73 Å². The average molecular weight is 366 g/mol. The molecule has 0 spiro atoms. The van der Waals surface area contributed by atoms with Crippen molar-refractivity contribution in [3.8, 4) is 0 Å². The van der Waals surface area contributed by atoms with Gasteiger partial charge in [0.25, 0.3) is 5.56 Å². The molecule has 2 heterocycles. The van der Waals surface area contributed by atoms with E-state index in [1.807, 2.05) is 0 Å². The van der Waals surface area contributed by atoms with Crippen molar-refractivity contribution >= 4 is 28.5 Å². The van der Waals surface area contributed by atoms with Crippen LogP contribution in [0.4, 0.5) is 18.9 Å². The third kappa shape index (κ3) is 3.46. The van der Waals surface area contributed by atoms with Crippen molar-refractivity contribution in [1.82, 2.24) is 14.5 Å². The maximum Gasteiger partial charge on any atom is 0.416 e. The molecule has 0 bridgehead atoms. The first kappa shape index (κ1) is 17.3. The van der Waals surface area contributed by atoms with Gasteiger partial charge in [-0.25, -0.2) is 9.97 Å². The first-order valence-electron chi connectivity index (χ1n) is 7.16. The summed E-state index contributed by atoms with van der Waals surface area (Å²) in [5, 5.41) is 0.916. The van der Waals surface area contributed by atoms with Crippen LogP contribution < -0.4 is 11.3 Å². The molecular weight excluding hydrogens is 353 g/mol. The van der Waals surface area contributed by atoms with Gasteiger partial charge in [0, 0.05) is 18.0 Å². The van der Waals surface area contributed by atoms with E-state index in [2.05, 4.69) is 9.97 Å². The zero-order valence-electron chi connectivity index (χ0n) is 13.0. The molecule has 1 aromatic carbocycles. The lowest BCUT2D eigenvalue weighted by atomic mass is 10.1. The van der Waals surface area contributed by atoms with Gasteiger partial charge in [-0.2, -0.15) is 13.2 Å². The largest absolute Gasteiger partial charge is 0.416 e. The van der Waals surface area contributed by atoms with Crippen molar-refractivity contribution in [2.75, 3.05) is 12.0 Å². The molecule has 0 saturated carbocycles. The fraction of sp³-hybridized carbons (Fsp3) is 0.188. The molecule has 3 aromatic rings. The summed E-state index contributed by atoms with van der Waals surface area (Å²) in [4.78, 5) is 20.7. The Balaban J connectivity index is 2.14. The average Bonchev–Trinajstić information content (AvgIpc) is 2.57. The second-order valence-corrected chi connectivity index (χ2v) is 6.09. The number of aromatic nitrogens is 3. The predicted octanol–water partition coefficient (Wildman–Crippen LogP) is 3.16. The molecule has 0 unspecified atom stereocenters. The maximum atomic E-state index is 12.9. The molecular formula is C16H13F3N4OS. The van der Waals surface area contributed by atoms with Gasteiger partial charge >= 0.3 is 6.18 Å². The Bertz CT molecular complexity index is 1000. The fourth-order valence-electron chi connectivity index (χ4n) is 2.44. The molecule has 0 radical (unpaired) electrons. The van der Waals surface area contributed by atoms with Crippen molar-refractivity contribution in [3.63, 3.8) is 0 Å². The number of nitrogen functional groups attached to an aromatic ring is 1. The molecule has 0 amide bonds. The van der Waals surface area contributed by atoms with Crippen molar-refractivity contribution in [1.29, 1.82) is 0 Å². The summed E-state index contributed by atoms with van der Waals surface area (Å²) in [6.45, 7) is -0.0512. The molecule has 2 N–H and O–H groups in total.